The highest BCUT2D eigenvalue weighted by molar-refractivity contribution is 5.43. The van der Waals surface area contributed by atoms with Crippen LogP contribution in [0.3, 0.4) is 0 Å². The number of hydrogen-bond acceptors (Lipinski definition) is 1. The van der Waals surface area contributed by atoms with Crippen LogP contribution >= 0.6 is 0 Å². The topological polar surface area (TPSA) is 20.2 Å². The molecule has 130 valence electrons. The minimum Gasteiger partial charge on any atom is -1.00 e. The third kappa shape index (κ3) is 4.51. The summed E-state index contributed by atoms with van der Waals surface area (Å²) in [5.74, 6) is 0.695. The Balaban J connectivity index is 0.00000208. The molecule has 1 N–H and O–H groups in total. The maximum Gasteiger partial charge on any atom is 0.119 e. The van der Waals surface area contributed by atoms with Crippen molar-refractivity contribution in [1.82, 2.24) is 0 Å². The lowest BCUT2D eigenvalue weighted by Gasteiger charge is -2.31. The van der Waals surface area contributed by atoms with Crippen LogP contribution in [0, 0.1) is 6.92 Å². The number of hydrogen-bond donors (Lipinski definition) is 1. The minimum atomic E-state index is 0. The first-order valence-electron chi connectivity index (χ1n) is 8.75. The van der Waals surface area contributed by atoms with Crippen molar-refractivity contribution in [2.75, 3.05) is 26.7 Å². The van der Waals surface area contributed by atoms with Crippen molar-refractivity contribution in [2.24, 2.45) is 0 Å². The molecule has 1 aliphatic rings. The predicted molar refractivity (Wildman–Crippen MR) is 95.8 cm³/mol. The van der Waals surface area contributed by atoms with Crippen molar-refractivity contribution in [1.29, 1.82) is 0 Å². The van der Waals surface area contributed by atoms with Gasteiger partial charge < -0.3 is 33.6 Å². The normalized spacial score (nSPS) is 17.2. The van der Waals surface area contributed by atoms with Crippen LogP contribution < -0.4 is 24.0 Å². The Bertz CT molecular complexity index is 650. The lowest BCUT2D eigenvalue weighted by atomic mass is 9.87. The maximum atomic E-state index is 10.4. The average molecular weight is 437 g/mol. The van der Waals surface area contributed by atoms with Crippen LogP contribution in [0.1, 0.15) is 41.9 Å². The SMILES string of the molecule is Cc1ccc(O)c(C(CC[N+]2(C)CCCC2)c2ccccc2)c1.[I-]. The Labute approximate surface area is 163 Å². The summed E-state index contributed by atoms with van der Waals surface area (Å²) in [7, 11) is 2.38. The molecule has 1 aliphatic heterocycles. The van der Waals surface area contributed by atoms with Crippen LogP contribution in [0.15, 0.2) is 48.5 Å². The van der Waals surface area contributed by atoms with E-state index in [-0.39, 0.29) is 29.9 Å². The van der Waals surface area contributed by atoms with Crippen LogP contribution in [-0.2, 0) is 0 Å². The first-order valence-corrected chi connectivity index (χ1v) is 8.75. The highest BCUT2D eigenvalue weighted by Crippen LogP contribution is 2.35. The van der Waals surface area contributed by atoms with Crippen molar-refractivity contribution in [2.45, 2.75) is 32.1 Å². The van der Waals surface area contributed by atoms with Gasteiger partial charge in [0.15, 0.2) is 0 Å². The van der Waals surface area contributed by atoms with E-state index in [2.05, 4.69) is 50.4 Å². The number of likely N-dealkylation sites (tertiary alicyclic amines) is 1. The standard InChI is InChI=1S/C21H27NO.HI/c1-17-10-11-21(23)20(16-17)19(18-8-4-3-5-9-18)12-15-22(2)13-6-7-14-22;/h3-5,8-11,16,19H,6-7,12-15H2,1-2H3;1H. The fourth-order valence-corrected chi connectivity index (χ4v) is 3.90. The zero-order chi connectivity index (χ0) is 16.3. The number of phenolic OH excluding ortho intramolecular Hbond substituents is 1. The van der Waals surface area contributed by atoms with Crippen molar-refractivity contribution in [3.05, 3.63) is 65.2 Å². The molecule has 2 aromatic rings. The van der Waals surface area contributed by atoms with Gasteiger partial charge in [-0.15, -0.1) is 0 Å². The number of rotatable bonds is 5. The molecule has 24 heavy (non-hydrogen) atoms. The summed E-state index contributed by atoms with van der Waals surface area (Å²) in [4.78, 5) is 0. The second kappa shape index (κ2) is 8.34. The number of halogens is 1. The molecule has 1 saturated heterocycles. The van der Waals surface area contributed by atoms with Gasteiger partial charge in [-0.3, -0.25) is 0 Å². The van der Waals surface area contributed by atoms with E-state index in [1.54, 1.807) is 0 Å². The van der Waals surface area contributed by atoms with Crippen LogP contribution in [0.5, 0.6) is 5.75 Å². The lowest BCUT2D eigenvalue weighted by molar-refractivity contribution is -0.897. The van der Waals surface area contributed by atoms with E-state index < -0.39 is 0 Å². The Morgan fingerprint density at radius 1 is 1.04 bits per heavy atom. The van der Waals surface area contributed by atoms with Crippen molar-refractivity contribution in [3.63, 3.8) is 0 Å². The second-order valence-corrected chi connectivity index (χ2v) is 7.31. The summed E-state index contributed by atoms with van der Waals surface area (Å²) in [6.07, 6.45) is 3.78. The molecule has 1 atom stereocenters. The lowest BCUT2D eigenvalue weighted by Crippen LogP contribution is -3.00. The smallest absolute Gasteiger partial charge is 0.119 e. The van der Waals surface area contributed by atoms with Gasteiger partial charge >= 0.3 is 0 Å². The second-order valence-electron chi connectivity index (χ2n) is 7.31. The van der Waals surface area contributed by atoms with E-state index in [0.29, 0.717) is 5.75 Å². The van der Waals surface area contributed by atoms with Crippen LogP contribution in [0.25, 0.3) is 0 Å². The molecule has 0 bridgehead atoms. The number of aryl methyl sites for hydroxylation is 1. The van der Waals surface area contributed by atoms with Gasteiger partial charge in [0.25, 0.3) is 0 Å². The molecule has 3 rings (SSSR count). The van der Waals surface area contributed by atoms with E-state index in [9.17, 15) is 5.11 Å². The predicted octanol–water partition coefficient (Wildman–Crippen LogP) is 1.47. The summed E-state index contributed by atoms with van der Waals surface area (Å²) < 4.78 is 1.18. The summed E-state index contributed by atoms with van der Waals surface area (Å²) in [5.41, 5.74) is 3.58. The molecule has 3 heteroatoms. The van der Waals surface area contributed by atoms with Gasteiger partial charge in [0.1, 0.15) is 5.75 Å². The zero-order valence-electron chi connectivity index (χ0n) is 14.7. The molecule has 1 heterocycles. The van der Waals surface area contributed by atoms with E-state index in [4.69, 9.17) is 0 Å². The Morgan fingerprint density at radius 2 is 1.71 bits per heavy atom. The molecule has 0 amide bonds. The molecule has 1 unspecified atom stereocenters. The molecule has 0 saturated carbocycles. The molecule has 0 aromatic heterocycles. The van der Waals surface area contributed by atoms with Gasteiger partial charge in [-0.2, -0.15) is 0 Å². The van der Waals surface area contributed by atoms with Crippen LogP contribution in [0.4, 0.5) is 0 Å². The Morgan fingerprint density at radius 3 is 2.38 bits per heavy atom. The Hall–Kier alpha value is -1.07. The van der Waals surface area contributed by atoms with E-state index in [1.807, 2.05) is 12.1 Å². The molecule has 2 aromatic carbocycles. The van der Waals surface area contributed by atoms with Gasteiger partial charge in [0, 0.05) is 30.7 Å². The quantitative estimate of drug-likeness (QED) is 0.555. The van der Waals surface area contributed by atoms with Gasteiger partial charge in [0.2, 0.25) is 0 Å². The Kier molecular flexibility index (Phi) is 6.70. The largest absolute Gasteiger partial charge is 1.00 e. The number of quaternary nitrogens is 1. The van der Waals surface area contributed by atoms with E-state index in [1.165, 1.54) is 48.1 Å². The summed E-state index contributed by atoms with van der Waals surface area (Å²) >= 11 is 0. The fourth-order valence-electron chi connectivity index (χ4n) is 3.90. The minimum absolute atomic E-state index is 0. The number of benzene rings is 2. The molecular formula is C21H28INO. The molecule has 0 radical (unpaired) electrons. The molecular weight excluding hydrogens is 409 g/mol. The molecule has 0 spiro atoms. The molecule has 0 aliphatic carbocycles. The zero-order valence-corrected chi connectivity index (χ0v) is 16.9. The first-order chi connectivity index (χ1) is 11.1. The van der Waals surface area contributed by atoms with Gasteiger partial charge in [0.05, 0.1) is 26.7 Å². The molecule has 1 fully saturated rings. The van der Waals surface area contributed by atoms with Crippen LogP contribution in [0.2, 0.25) is 0 Å². The fraction of sp³-hybridized carbons (Fsp3) is 0.429. The van der Waals surface area contributed by atoms with Crippen LogP contribution in [-0.4, -0.2) is 36.3 Å². The van der Waals surface area contributed by atoms with Gasteiger partial charge in [-0.05, 0) is 18.6 Å². The highest BCUT2D eigenvalue weighted by Gasteiger charge is 2.29. The van der Waals surface area contributed by atoms with Crippen molar-refractivity contribution in [3.8, 4) is 5.75 Å². The first kappa shape index (κ1) is 19.3. The number of phenols is 1. The summed E-state index contributed by atoms with van der Waals surface area (Å²) in [5, 5.41) is 10.4. The maximum absolute atomic E-state index is 10.4. The summed E-state index contributed by atoms with van der Waals surface area (Å²) in [6, 6.07) is 16.6. The van der Waals surface area contributed by atoms with Gasteiger partial charge in [-0.1, -0.05) is 48.0 Å². The van der Waals surface area contributed by atoms with E-state index >= 15 is 0 Å². The monoisotopic (exact) mass is 437 g/mol. The average Bonchev–Trinajstić information content (AvgIpc) is 2.99. The van der Waals surface area contributed by atoms with Gasteiger partial charge in [-0.25, -0.2) is 0 Å². The molecule has 2 nitrogen and oxygen atoms in total. The van der Waals surface area contributed by atoms with Crippen molar-refractivity contribution >= 4 is 0 Å². The number of nitrogens with zero attached hydrogens (tertiary/aromatic N) is 1. The number of aromatic hydroxyl groups is 1. The highest BCUT2D eigenvalue weighted by atomic mass is 127. The van der Waals surface area contributed by atoms with E-state index in [0.717, 1.165) is 12.0 Å². The third-order valence-electron chi connectivity index (χ3n) is 5.36. The third-order valence-corrected chi connectivity index (χ3v) is 5.36. The van der Waals surface area contributed by atoms with Crippen molar-refractivity contribution < 1.29 is 33.6 Å². The summed E-state index contributed by atoms with van der Waals surface area (Å²) in [6.45, 7) is 5.86.